The first-order chi connectivity index (χ1) is 8.24. The van der Waals surface area contributed by atoms with Crippen LogP contribution in [0.4, 0.5) is 0 Å². The van der Waals surface area contributed by atoms with Crippen LogP contribution in [-0.2, 0) is 4.74 Å². The van der Waals surface area contributed by atoms with Crippen molar-refractivity contribution >= 4 is 0 Å². The average molecular weight is 235 g/mol. The Kier molecular flexibility index (Phi) is 4.02. The molecule has 1 heterocycles. The highest BCUT2D eigenvalue weighted by Gasteiger charge is 2.27. The van der Waals surface area contributed by atoms with E-state index in [9.17, 15) is 0 Å². The number of methoxy groups -OCH3 is 1. The minimum Gasteiger partial charge on any atom is -0.497 e. The zero-order valence-corrected chi connectivity index (χ0v) is 10.8. The fraction of sp³-hybridized carbons (Fsp3) is 0.571. The van der Waals surface area contributed by atoms with E-state index in [0.29, 0.717) is 12.1 Å². The van der Waals surface area contributed by atoms with Crippen LogP contribution in [0.25, 0.3) is 0 Å². The zero-order chi connectivity index (χ0) is 12.3. The fourth-order valence-corrected chi connectivity index (χ4v) is 2.29. The molecular weight excluding hydrogens is 214 g/mol. The molecular formula is C14H21NO2. The molecule has 17 heavy (non-hydrogen) atoms. The van der Waals surface area contributed by atoms with E-state index in [1.54, 1.807) is 7.11 Å². The summed E-state index contributed by atoms with van der Waals surface area (Å²) in [7, 11) is 1.68. The van der Waals surface area contributed by atoms with Gasteiger partial charge in [-0.15, -0.1) is 0 Å². The lowest BCUT2D eigenvalue weighted by Gasteiger charge is -2.35. The molecule has 1 aliphatic rings. The molecule has 1 N–H and O–H groups in total. The Labute approximate surface area is 103 Å². The van der Waals surface area contributed by atoms with Crippen LogP contribution in [0.2, 0.25) is 0 Å². The van der Waals surface area contributed by atoms with Gasteiger partial charge in [-0.05, 0) is 31.0 Å². The zero-order valence-electron chi connectivity index (χ0n) is 10.8. The molecule has 0 aromatic heterocycles. The highest BCUT2D eigenvalue weighted by molar-refractivity contribution is 5.29. The molecule has 0 bridgehead atoms. The van der Waals surface area contributed by atoms with Crippen LogP contribution in [0.5, 0.6) is 5.75 Å². The Morgan fingerprint density at radius 1 is 1.35 bits per heavy atom. The summed E-state index contributed by atoms with van der Waals surface area (Å²) in [6.07, 6.45) is 1.25. The second kappa shape index (κ2) is 5.52. The second-order valence-corrected chi connectivity index (χ2v) is 4.59. The number of morpholine rings is 1. The molecule has 0 saturated carbocycles. The van der Waals surface area contributed by atoms with Crippen molar-refractivity contribution in [1.82, 2.24) is 5.32 Å². The number of hydrogen-bond acceptors (Lipinski definition) is 3. The molecule has 1 aromatic carbocycles. The van der Waals surface area contributed by atoms with Gasteiger partial charge in [0.05, 0.1) is 19.8 Å². The van der Waals surface area contributed by atoms with E-state index in [4.69, 9.17) is 9.47 Å². The van der Waals surface area contributed by atoms with E-state index in [0.717, 1.165) is 18.8 Å². The van der Waals surface area contributed by atoms with Crippen molar-refractivity contribution < 1.29 is 9.47 Å². The monoisotopic (exact) mass is 235 g/mol. The molecule has 94 valence electrons. The van der Waals surface area contributed by atoms with Crippen LogP contribution in [0, 0.1) is 0 Å². The molecule has 1 aromatic rings. The number of nitrogens with one attached hydrogen (secondary N) is 1. The molecule has 0 amide bonds. The SMILES string of the molecule is CCC1COC(c2ccc(OC)cc2)C(C)N1. The normalized spacial score (nSPS) is 29.0. The quantitative estimate of drug-likeness (QED) is 0.873. The van der Waals surface area contributed by atoms with E-state index in [1.165, 1.54) is 5.56 Å². The van der Waals surface area contributed by atoms with Crippen LogP contribution >= 0.6 is 0 Å². The summed E-state index contributed by atoms with van der Waals surface area (Å²) in [5, 5.41) is 3.59. The summed E-state index contributed by atoms with van der Waals surface area (Å²) in [6, 6.07) is 8.96. The fourth-order valence-electron chi connectivity index (χ4n) is 2.29. The molecule has 3 nitrogen and oxygen atoms in total. The molecule has 3 atom stereocenters. The molecule has 0 spiro atoms. The van der Waals surface area contributed by atoms with Gasteiger partial charge in [0.15, 0.2) is 0 Å². The minimum atomic E-state index is 0.142. The third-order valence-corrected chi connectivity index (χ3v) is 3.37. The van der Waals surface area contributed by atoms with Gasteiger partial charge in [-0.25, -0.2) is 0 Å². The lowest BCUT2D eigenvalue weighted by molar-refractivity contribution is -0.0252. The Balaban J connectivity index is 2.06. The Morgan fingerprint density at radius 2 is 2.06 bits per heavy atom. The summed E-state index contributed by atoms with van der Waals surface area (Å²) in [5.74, 6) is 0.886. The van der Waals surface area contributed by atoms with Crippen LogP contribution in [0.3, 0.4) is 0 Å². The minimum absolute atomic E-state index is 0.142. The highest BCUT2D eigenvalue weighted by atomic mass is 16.5. The van der Waals surface area contributed by atoms with Gasteiger partial charge in [0, 0.05) is 12.1 Å². The van der Waals surface area contributed by atoms with Gasteiger partial charge in [0.1, 0.15) is 5.75 Å². The van der Waals surface area contributed by atoms with E-state index < -0.39 is 0 Å². The van der Waals surface area contributed by atoms with Crippen molar-refractivity contribution in [1.29, 1.82) is 0 Å². The van der Waals surface area contributed by atoms with Crippen molar-refractivity contribution in [3.05, 3.63) is 29.8 Å². The maximum atomic E-state index is 5.95. The van der Waals surface area contributed by atoms with E-state index >= 15 is 0 Å². The van der Waals surface area contributed by atoms with Gasteiger partial charge in [0.2, 0.25) is 0 Å². The average Bonchev–Trinajstić information content (AvgIpc) is 2.39. The summed E-state index contributed by atoms with van der Waals surface area (Å²) in [4.78, 5) is 0. The summed E-state index contributed by atoms with van der Waals surface area (Å²) in [5.41, 5.74) is 1.21. The third-order valence-electron chi connectivity index (χ3n) is 3.37. The third kappa shape index (κ3) is 2.79. The van der Waals surface area contributed by atoms with Crippen LogP contribution in [0.15, 0.2) is 24.3 Å². The van der Waals surface area contributed by atoms with Crippen molar-refractivity contribution in [2.45, 2.75) is 38.5 Å². The van der Waals surface area contributed by atoms with Gasteiger partial charge < -0.3 is 14.8 Å². The number of ether oxygens (including phenoxy) is 2. The molecule has 0 radical (unpaired) electrons. The Hall–Kier alpha value is -1.06. The maximum Gasteiger partial charge on any atom is 0.118 e. The van der Waals surface area contributed by atoms with Gasteiger partial charge in [0.25, 0.3) is 0 Å². The number of hydrogen-bond donors (Lipinski definition) is 1. The second-order valence-electron chi connectivity index (χ2n) is 4.59. The van der Waals surface area contributed by atoms with Crippen molar-refractivity contribution in [3.63, 3.8) is 0 Å². The number of rotatable bonds is 3. The first-order valence-electron chi connectivity index (χ1n) is 6.26. The topological polar surface area (TPSA) is 30.5 Å². The molecule has 3 heteroatoms. The standard InChI is InChI=1S/C14H21NO2/c1-4-12-9-17-14(10(2)15-12)11-5-7-13(16-3)8-6-11/h5-8,10,12,14-15H,4,9H2,1-3H3. The van der Waals surface area contributed by atoms with Crippen molar-refractivity contribution in [2.75, 3.05) is 13.7 Å². The van der Waals surface area contributed by atoms with E-state index in [1.807, 2.05) is 12.1 Å². The highest BCUT2D eigenvalue weighted by Crippen LogP contribution is 2.27. The molecule has 1 aliphatic heterocycles. The van der Waals surface area contributed by atoms with Crippen molar-refractivity contribution in [2.24, 2.45) is 0 Å². The van der Waals surface area contributed by atoms with Crippen molar-refractivity contribution in [3.8, 4) is 5.75 Å². The summed E-state index contributed by atoms with van der Waals surface area (Å²) >= 11 is 0. The summed E-state index contributed by atoms with van der Waals surface area (Å²) < 4.78 is 11.1. The Morgan fingerprint density at radius 3 is 2.59 bits per heavy atom. The number of benzene rings is 1. The smallest absolute Gasteiger partial charge is 0.118 e. The lowest BCUT2D eigenvalue weighted by Crippen LogP contribution is -2.48. The molecule has 1 fully saturated rings. The largest absolute Gasteiger partial charge is 0.497 e. The van der Waals surface area contributed by atoms with E-state index in [2.05, 4.69) is 31.3 Å². The van der Waals surface area contributed by atoms with Crippen LogP contribution in [0.1, 0.15) is 31.9 Å². The predicted molar refractivity (Wildman–Crippen MR) is 68.4 cm³/mol. The predicted octanol–water partition coefficient (Wildman–Crippen LogP) is 2.52. The van der Waals surface area contributed by atoms with Crippen LogP contribution < -0.4 is 10.1 Å². The van der Waals surface area contributed by atoms with E-state index in [-0.39, 0.29) is 6.10 Å². The molecule has 0 aliphatic carbocycles. The van der Waals surface area contributed by atoms with Gasteiger partial charge in [-0.1, -0.05) is 19.1 Å². The molecule has 2 rings (SSSR count). The maximum absolute atomic E-state index is 5.95. The molecule has 3 unspecified atom stereocenters. The van der Waals surface area contributed by atoms with Gasteiger partial charge in [-0.3, -0.25) is 0 Å². The van der Waals surface area contributed by atoms with Crippen LogP contribution in [-0.4, -0.2) is 25.8 Å². The first-order valence-corrected chi connectivity index (χ1v) is 6.26. The van der Waals surface area contributed by atoms with Gasteiger partial charge in [-0.2, -0.15) is 0 Å². The molecule has 1 saturated heterocycles. The Bertz CT molecular complexity index is 350. The summed E-state index contributed by atoms with van der Waals surface area (Å²) in [6.45, 7) is 5.15. The lowest BCUT2D eigenvalue weighted by atomic mass is 10.00. The van der Waals surface area contributed by atoms with Gasteiger partial charge >= 0.3 is 0 Å². The first kappa shape index (κ1) is 12.4.